The summed E-state index contributed by atoms with van der Waals surface area (Å²) in [6.07, 6.45) is 0.887. The molecule has 168 valence electrons. The number of rotatable bonds is 6. The summed E-state index contributed by atoms with van der Waals surface area (Å²) in [6.45, 7) is 4.56. The zero-order valence-electron chi connectivity index (χ0n) is 18.3. The lowest BCUT2D eigenvalue weighted by molar-refractivity contribution is -0.116. The molecule has 7 nitrogen and oxygen atoms in total. The van der Waals surface area contributed by atoms with Gasteiger partial charge in [0.25, 0.3) is 11.8 Å². The minimum absolute atomic E-state index is 0.0365. The smallest absolute Gasteiger partial charge is 0.261 e. The van der Waals surface area contributed by atoms with Crippen molar-refractivity contribution in [1.82, 2.24) is 14.8 Å². The highest BCUT2D eigenvalue weighted by Gasteiger charge is 2.35. The fourth-order valence-corrected chi connectivity index (χ4v) is 5.35. The number of hydrogen-bond acceptors (Lipinski definition) is 6. The van der Waals surface area contributed by atoms with Gasteiger partial charge in [-0.15, -0.1) is 11.3 Å². The Labute approximate surface area is 196 Å². The van der Waals surface area contributed by atoms with Gasteiger partial charge in [-0.25, -0.2) is 4.98 Å². The molecule has 2 aromatic carbocycles. The number of imide groups is 1. The average Bonchev–Trinajstić information content (AvgIpc) is 3.30. The van der Waals surface area contributed by atoms with E-state index in [-0.39, 0.29) is 30.7 Å². The molecule has 2 aliphatic rings. The minimum atomic E-state index is -0.342. The van der Waals surface area contributed by atoms with Gasteiger partial charge in [0.1, 0.15) is 0 Å². The molecule has 1 aromatic heterocycles. The number of carbonyl (C=O) groups excluding carboxylic acids is 3. The van der Waals surface area contributed by atoms with E-state index in [1.807, 2.05) is 31.2 Å². The molecule has 0 radical (unpaired) electrons. The Morgan fingerprint density at radius 1 is 1.09 bits per heavy atom. The summed E-state index contributed by atoms with van der Waals surface area (Å²) in [5.41, 5.74) is 4.05. The summed E-state index contributed by atoms with van der Waals surface area (Å²) in [5, 5.41) is 3.42. The number of benzene rings is 2. The maximum absolute atomic E-state index is 12.6. The van der Waals surface area contributed by atoms with Gasteiger partial charge in [-0.3, -0.25) is 24.2 Å². The molecule has 3 aromatic rings. The molecule has 33 heavy (non-hydrogen) atoms. The normalized spacial score (nSPS) is 15.5. The third-order valence-electron chi connectivity index (χ3n) is 5.99. The van der Waals surface area contributed by atoms with Crippen LogP contribution in [0.5, 0.6) is 0 Å². The molecular weight excluding hydrogens is 436 g/mol. The average molecular weight is 461 g/mol. The van der Waals surface area contributed by atoms with E-state index in [0.717, 1.165) is 42.2 Å². The van der Waals surface area contributed by atoms with Crippen LogP contribution in [0.3, 0.4) is 0 Å². The van der Waals surface area contributed by atoms with Crippen molar-refractivity contribution in [3.8, 4) is 0 Å². The van der Waals surface area contributed by atoms with Crippen molar-refractivity contribution in [1.29, 1.82) is 0 Å². The Kier molecular flexibility index (Phi) is 5.78. The summed E-state index contributed by atoms with van der Waals surface area (Å²) in [7, 11) is 0. The summed E-state index contributed by atoms with van der Waals surface area (Å²) in [4.78, 5) is 46.9. The lowest BCUT2D eigenvalue weighted by Gasteiger charge is -2.25. The van der Waals surface area contributed by atoms with Crippen molar-refractivity contribution >= 4 is 34.2 Å². The quantitative estimate of drug-likeness (QED) is 0.568. The number of hydrogen-bond donors (Lipinski definition) is 1. The molecule has 0 saturated heterocycles. The number of fused-ring (bicyclic) bond motifs is 2. The van der Waals surface area contributed by atoms with Crippen molar-refractivity contribution in [2.45, 2.75) is 32.9 Å². The first-order chi connectivity index (χ1) is 16.0. The Morgan fingerprint density at radius 2 is 1.88 bits per heavy atom. The third kappa shape index (κ3) is 4.44. The molecule has 0 spiro atoms. The van der Waals surface area contributed by atoms with Crippen molar-refractivity contribution in [2.24, 2.45) is 0 Å². The van der Waals surface area contributed by atoms with Crippen LogP contribution in [0.25, 0.3) is 0 Å². The molecule has 5 rings (SSSR count). The Hall–Kier alpha value is -3.36. The molecule has 1 N–H and O–H groups in total. The number of aryl methyl sites for hydroxylation is 1. The van der Waals surface area contributed by atoms with Gasteiger partial charge in [0.05, 0.1) is 16.8 Å². The first kappa shape index (κ1) is 21.5. The fraction of sp³-hybridized carbons (Fsp3) is 0.280. The SMILES string of the molecule is Cc1ccc2c(c1)C(=O)N(CCC(=O)Nc1nc3c(s1)CN(Cc1ccccc1)CC3)C2=O. The molecule has 8 heteroatoms. The molecular formula is C25H24N4O3S. The van der Waals surface area contributed by atoms with Crippen LogP contribution in [0.2, 0.25) is 0 Å². The van der Waals surface area contributed by atoms with Gasteiger partial charge in [-0.2, -0.15) is 0 Å². The van der Waals surface area contributed by atoms with E-state index >= 15 is 0 Å². The topological polar surface area (TPSA) is 82.6 Å². The van der Waals surface area contributed by atoms with Gasteiger partial charge < -0.3 is 5.32 Å². The van der Waals surface area contributed by atoms with Gasteiger partial charge in [0.15, 0.2) is 5.13 Å². The van der Waals surface area contributed by atoms with E-state index in [1.54, 1.807) is 12.1 Å². The van der Waals surface area contributed by atoms with E-state index < -0.39 is 0 Å². The molecule has 3 heterocycles. The number of anilines is 1. The van der Waals surface area contributed by atoms with E-state index in [1.165, 1.54) is 21.8 Å². The van der Waals surface area contributed by atoms with Crippen LogP contribution in [0.4, 0.5) is 5.13 Å². The predicted molar refractivity (Wildman–Crippen MR) is 126 cm³/mol. The van der Waals surface area contributed by atoms with Crippen LogP contribution in [-0.2, 0) is 24.3 Å². The van der Waals surface area contributed by atoms with Gasteiger partial charge in [-0.1, -0.05) is 42.0 Å². The van der Waals surface area contributed by atoms with Crippen molar-refractivity contribution < 1.29 is 14.4 Å². The largest absolute Gasteiger partial charge is 0.302 e. The van der Waals surface area contributed by atoms with E-state index in [9.17, 15) is 14.4 Å². The predicted octanol–water partition coefficient (Wildman–Crippen LogP) is 3.63. The summed E-state index contributed by atoms with van der Waals surface area (Å²) < 4.78 is 0. The first-order valence-corrected chi connectivity index (χ1v) is 11.8. The van der Waals surface area contributed by atoms with Crippen LogP contribution in [0, 0.1) is 6.92 Å². The number of nitrogens with zero attached hydrogens (tertiary/aromatic N) is 3. The van der Waals surface area contributed by atoms with Gasteiger partial charge in [-0.05, 0) is 24.6 Å². The monoisotopic (exact) mass is 460 g/mol. The first-order valence-electron chi connectivity index (χ1n) is 11.0. The minimum Gasteiger partial charge on any atom is -0.302 e. The summed E-state index contributed by atoms with van der Waals surface area (Å²) in [6, 6.07) is 15.6. The second-order valence-electron chi connectivity index (χ2n) is 8.44. The number of nitrogens with one attached hydrogen (secondary N) is 1. The lowest BCUT2D eigenvalue weighted by Crippen LogP contribution is -2.32. The highest BCUT2D eigenvalue weighted by atomic mass is 32.1. The van der Waals surface area contributed by atoms with Crippen molar-refractivity contribution in [3.05, 3.63) is 81.4 Å². The van der Waals surface area contributed by atoms with Crippen LogP contribution in [0.1, 0.15) is 48.8 Å². The second-order valence-corrected chi connectivity index (χ2v) is 9.53. The van der Waals surface area contributed by atoms with E-state index in [4.69, 9.17) is 0 Å². The van der Waals surface area contributed by atoms with Crippen LogP contribution < -0.4 is 5.32 Å². The fourth-order valence-electron chi connectivity index (χ4n) is 4.28. The maximum Gasteiger partial charge on any atom is 0.261 e. The van der Waals surface area contributed by atoms with Crippen molar-refractivity contribution in [2.75, 3.05) is 18.4 Å². The van der Waals surface area contributed by atoms with Crippen LogP contribution in [-0.4, -0.2) is 45.6 Å². The molecule has 0 fully saturated rings. The van der Waals surface area contributed by atoms with Gasteiger partial charge in [0, 0.05) is 43.9 Å². The Balaban J connectivity index is 1.17. The molecule has 0 aliphatic carbocycles. The van der Waals surface area contributed by atoms with Crippen LogP contribution >= 0.6 is 11.3 Å². The summed E-state index contributed by atoms with van der Waals surface area (Å²) >= 11 is 1.50. The number of thiazole rings is 1. The van der Waals surface area contributed by atoms with Crippen LogP contribution in [0.15, 0.2) is 48.5 Å². The number of amides is 3. The number of carbonyl (C=O) groups is 3. The molecule has 0 saturated carbocycles. The highest BCUT2D eigenvalue weighted by Crippen LogP contribution is 2.29. The van der Waals surface area contributed by atoms with Gasteiger partial charge in [0.2, 0.25) is 5.91 Å². The zero-order chi connectivity index (χ0) is 22.9. The lowest BCUT2D eigenvalue weighted by atomic mass is 10.1. The molecule has 0 atom stereocenters. The molecule has 3 amide bonds. The maximum atomic E-state index is 12.6. The molecule has 2 aliphatic heterocycles. The Bertz CT molecular complexity index is 1240. The second kappa shape index (κ2) is 8.88. The van der Waals surface area contributed by atoms with E-state index in [2.05, 4.69) is 27.3 Å². The Morgan fingerprint density at radius 3 is 2.70 bits per heavy atom. The van der Waals surface area contributed by atoms with E-state index in [0.29, 0.717) is 16.3 Å². The highest BCUT2D eigenvalue weighted by molar-refractivity contribution is 7.15. The molecule has 0 unspecified atom stereocenters. The number of aromatic nitrogens is 1. The standard InChI is InChI=1S/C25H24N4O3S/c1-16-7-8-18-19(13-16)24(32)29(23(18)31)12-10-22(30)27-25-26-20-9-11-28(15-21(20)33-25)14-17-5-3-2-4-6-17/h2-8,13H,9-12,14-15H2,1H3,(H,26,27,30). The zero-order valence-corrected chi connectivity index (χ0v) is 19.2. The van der Waals surface area contributed by atoms with Crippen molar-refractivity contribution in [3.63, 3.8) is 0 Å². The third-order valence-corrected chi connectivity index (χ3v) is 6.99. The molecule has 0 bridgehead atoms. The summed E-state index contributed by atoms with van der Waals surface area (Å²) in [5.74, 6) is -0.935. The van der Waals surface area contributed by atoms with Gasteiger partial charge >= 0.3 is 0 Å².